The molecule has 0 fully saturated rings. The van der Waals surface area contributed by atoms with Crippen molar-refractivity contribution in [3.8, 4) is 22.8 Å². The number of nitrogens with zero attached hydrogens (tertiary/aromatic N) is 2. The van der Waals surface area contributed by atoms with Crippen molar-refractivity contribution >= 4 is 11.7 Å². The van der Waals surface area contributed by atoms with E-state index < -0.39 is 0 Å². The maximum absolute atomic E-state index is 12.6. The van der Waals surface area contributed by atoms with Crippen LogP contribution in [0.5, 0.6) is 11.5 Å². The lowest BCUT2D eigenvalue weighted by molar-refractivity contribution is 0.102. The molecule has 1 heterocycles. The highest BCUT2D eigenvalue weighted by Gasteiger charge is 2.19. The second-order valence-electron chi connectivity index (χ2n) is 5.53. The fraction of sp³-hybridized carbons (Fsp3) is 0.211. The first-order valence-corrected chi connectivity index (χ1v) is 8.14. The number of nitrogens with one attached hydrogen (secondary N) is 1. The van der Waals surface area contributed by atoms with Gasteiger partial charge in [-0.05, 0) is 60.1 Å². The monoisotopic (exact) mass is 353 g/mol. The number of para-hydroxylation sites is 1. The summed E-state index contributed by atoms with van der Waals surface area (Å²) in [7, 11) is 1.61. The summed E-state index contributed by atoms with van der Waals surface area (Å²) in [6.45, 7) is 4.25. The van der Waals surface area contributed by atoms with E-state index in [1.807, 2.05) is 38.1 Å². The molecule has 1 N–H and O–H groups in total. The molecule has 134 valence electrons. The van der Waals surface area contributed by atoms with E-state index in [0.29, 0.717) is 23.6 Å². The van der Waals surface area contributed by atoms with Gasteiger partial charge in [-0.15, -0.1) is 0 Å². The molecule has 0 aliphatic heterocycles. The minimum Gasteiger partial charge on any atom is -0.496 e. The first kappa shape index (κ1) is 17.5. The maximum atomic E-state index is 12.6. The molecule has 7 nitrogen and oxygen atoms in total. The number of aromatic nitrogens is 2. The third kappa shape index (κ3) is 3.51. The summed E-state index contributed by atoms with van der Waals surface area (Å²) < 4.78 is 15.6. The van der Waals surface area contributed by atoms with Gasteiger partial charge in [0.1, 0.15) is 11.5 Å². The average Bonchev–Trinajstić information content (AvgIpc) is 3.10. The summed E-state index contributed by atoms with van der Waals surface area (Å²) in [4.78, 5) is 12.6. The number of methoxy groups -OCH3 is 1. The Hall–Kier alpha value is -3.35. The number of hydrogen-bond donors (Lipinski definition) is 1. The number of amides is 1. The van der Waals surface area contributed by atoms with Crippen LogP contribution in [0.3, 0.4) is 0 Å². The standard InChI is InChI=1S/C19H19N3O4/c1-4-25-16-8-6-5-7-14(16)19(23)20-18-17(21-26-22-18)13-9-10-15(24-3)12(2)11-13/h5-11H,4H2,1-3H3,(H,20,22,23). The van der Waals surface area contributed by atoms with Crippen molar-refractivity contribution in [2.24, 2.45) is 0 Å². The average molecular weight is 353 g/mol. The predicted molar refractivity (Wildman–Crippen MR) is 96.6 cm³/mol. The van der Waals surface area contributed by atoms with Crippen molar-refractivity contribution in [2.45, 2.75) is 13.8 Å². The molecule has 0 aliphatic rings. The maximum Gasteiger partial charge on any atom is 0.260 e. The Morgan fingerprint density at radius 1 is 1.15 bits per heavy atom. The number of aryl methyl sites for hydroxylation is 1. The molecule has 1 amide bonds. The van der Waals surface area contributed by atoms with E-state index in [1.54, 1.807) is 25.3 Å². The van der Waals surface area contributed by atoms with Crippen molar-refractivity contribution in [1.82, 2.24) is 10.3 Å². The van der Waals surface area contributed by atoms with Gasteiger partial charge in [0.25, 0.3) is 5.91 Å². The van der Waals surface area contributed by atoms with Gasteiger partial charge in [0.2, 0.25) is 5.82 Å². The van der Waals surface area contributed by atoms with E-state index in [-0.39, 0.29) is 11.7 Å². The molecular formula is C19H19N3O4. The number of rotatable bonds is 6. The normalized spacial score (nSPS) is 10.4. The van der Waals surface area contributed by atoms with Gasteiger partial charge >= 0.3 is 0 Å². The van der Waals surface area contributed by atoms with Gasteiger partial charge in [-0.25, -0.2) is 4.63 Å². The van der Waals surface area contributed by atoms with Crippen LogP contribution in [0.15, 0.2) is 47.1 Å². The van der Waals surface area contributed by atoms with Crippen LogP contribution < -0.4 is 14.8 Å². The van der Waals surface area contributed by atoms with Crippen LogP contribution in [0.1, 0.15) is 22.8 Å². The lowest BCUT2D eigenvalue weighted by Crippen LogP contribution is -2.14. The van der Waals surface area contributed by atoms with Gasteiger partial charge in [-0.1, -0.05) is 12.1 Å². The van der Waals surface area contributed by atoms with Gasteiger partial charge < -0.3 is 14.8 Å². The topological polar surface area (TPSA) is 86.5 Å². The van der Waals surface area contributed by atoms with E-state index in [4.69, 9.17) is 14.1 Å². The highest BCUT2D eigenvalue weighted by atomic mass is 16.6. The fourth-order valence-corrected chi connectivity index (χ4v) is 2.60. The molecular weight excluding hydrogens is 334 g/mol. The Morgan fingerprint density at radius 2 is 1.96 bits per heavy atom. The quantitative estimate of drug-likeness (QED) is 0.727. The number of carbonyl (C=O) groups excluding carboxylic acids is 1. The van der Waals surface area contributed by atoms with Crippen LogP contribution in [0.2, 0.25) is 0 Å². The van der Waals surface area contributed by atoms with Crippen molar-refractivity contribution in [1.29, 1.82) is 0 Å². The number of ether oxygens (including phenoxy) is 2. The van der Waals surface area contributed by atoms with Crippen LogP contribution in [0.25, 0.3) is 11.3 Å². The van der Waals surface area contributed by atoms with Crippen LogP contribution in [0, 0.1) is 6.92 Å². The van der Waals surface area contributed by atoms with Crippen LogP contribution in [0.4, 0.5) is 5.82 Å². The van der Waals surface area contributed by atoms with E-state index in [0.717, 1.165) is 16.9 Å². The lowest BCUT2D eigenvalue weighted by atomic mass is 10.1. The number of anilines is 1. The Bertz CT molecular complexity index is 921. The summed E-state index contributed by atoms with van der Waals surface area (Å²) in [5.74, 6) is 1.16. The summed E-state index contributed by atoms with van der Waals surface area (Å²) in [6, 6.07) is 12.6. The van der Waals surface area contributed by atoms with Crippen molar-refractivity contribution in [3.05, 3.63) is 53.6 Å². The Kier molecular flexibility index (Phi) is 5.17. The Morgan fingerprint density at radius 3 is 2.69 bits per heavy atom. The van der Waals surface area contributed by atoms with Crippen LogP contribution in [-0.4, -0.2) is 29.9 Å². The smallest absolute Gasteiger partial charge is 0.260 e. The van der Waals surface area contributed by atoms with Gasteiger partial charge in [0.15, 0.2) is 5.69 Å². The Balaban J connectivity index is 1.88. The van der Waals surface area contributed by atoms with Gasteiger partial charge in [0.05, 0.1) is 19.3 Å². The number of hydrogen-bond acceptors (Lipinski definition) is 6. The minimum atomic E-state index is -0.351. The largest absolute Gasteiger partial charge is 0.496 e. The van der Waals surface area contributed by atoms with Crippen molar-refractivity contribution < 1.29 is 18.9 Å². The highest BCUT2D eigenvalue weighted by Crippen LogP contribution is 2.29. The second-order valence-corrected chi connectivity index (χ2v) is 5.53. The van der Waals surface area contributed by atoms with Gasteiger partial charge in [0, 0.05) is 5.56 Å². The molecule has 0 unspecified atom stereocenters. The zero-order valence-electron chi connectivity index (χ0n) is 14.8. The molecule has 0 saturated carbocycles. The van der Waals surface area contributed by atoms with E-state index in [2.05, 4.69) is 15.6 Å². The van der Waals surface area contributed by atoms with Crippen molar-refractivity contribution in [3.63, 3.8) is 0 Å². The van der Waals surface area contributed by atoms with Gasteiger partial charge in [-0.2, -0.15) is 0 Å². The summed E-state index contributed by atoms with van der Waals surface area (Å²) in [5, 5.41) is 10.5. The lowest BCUT2D eigenvalue weighted by Gasteiger charge is -2.10. The van der Waals surface area contributed by atoms with E-state index in [9.17, 15) is 4.79 Å². The minimum absolute atomic E-state index is 0.242. The number of carbonyl (C=O) groups is 1. The predicted octanol–water partition coefficient (Wildman–Crippen LogP) is 3.70. The van der Waals surface area contributed by atoms with Crippen LogP contribution >= 0.6 is 0 Å². The zero-order valence-corrected chi connectivity index (χ0v) is 14.8. The summed E-state index contributed by atoms with van der Waals surface area (Å²) in [6.07, 6.45) is 0. The molecule has 26 heavy (non-hydrogen) atoms. The first-order valence-electron chi connectivity index (χ1n) is 8.14. The highest BCUT2D eigenvalue weighted by molar-refractivity contribution is 6.07. The fourth-order valence-electron chi connectivity index (χ4n) is 2.60. The molecule has 0 aliphatic carbocycles. The molecule has 1 aromatic heterocycles. The Labute approximate surface area is 150 Å². The summed E-state index contributed by atoms with van der Waals surface area (Å²) >= 11 is 0. The molecule has 0 bridgehead atoms. The number of benzene rings is 2. The first-order chi connectivity index (χ1) is 12.6. The summed E-state index contributed by atoms with van der Waals surface area (Å²) in [5.41, 5.74) is 2.55. The molecule has 0 atom stereocenters. The zero-order chi connectivity index (χ0) is 18.5. The third-order valence-electron chi connectivity index (χ3n) is 3.82. The molecule has 3 aromatic rings. The van der Waals surface area contributed by atoms with Gasteiger partial charge in [-0.3, -0.25) is 4.79 Å². The molecule has 0 saturated heterocycles. The van der Waals surface area contributed by atoms with Crippen molar-refractivity contribution in [2.75, 3.05) is 19.0 Å². The molecule has 2 aromatic carbocycles. The SMILES string of the molecule is CCOc1ccccc1C(=O)Nc1nonc1-c1ccc(OC)c(C)c1. The third-order valence-corrected chi connectivity index (χ3v) is 3.82. The molecule has 0 spiro atoms. The molecule has 3 rings (SSSR count). The van der Waals surface area contributed by atoms with Crippen LogP contribution in [-0.2, 0) is 0 Å². The van der Waals surface area contributed by atoms with E-state index >= 15 is 0 Å². The van der Waals surface area contributed by atoms with E-state index in [1.165, 1.54) is 0 Å². The second kappa shape index (κ2) is 7.69. The molecule has 7 heteroatoms. The molecule has 0 radical (unpaired) electrons.